The predicted molar refractivity (Wildman–Crippen MR) is 173 cm³/mol. The molecule has 3 rings (SSSR count). The van der Waals surface area contributed by atoms with Crippen LogP contribution in [-0.2, 0) is 24.2 Å². The molecule has 1 atom stereocenters. The fourth-order valence-corrected chi connectivity index (χ4v) is 5.91. The number of Topliss-reactive ketones (excluding diaryl/α,β-unsaturated/α-hetero) is 1. The number of hydrazine groups is 1. The number of hydrogen-bond acceptors (Lipinski definition) is 4. The van der Waals surface area contributed by atoms with Gasteiger partial charge in [-0.2, -0.15) is 0 Å². The van der Waals surface area contributed by atoms with E-state index < -0.39 is 0 Å². The van der Waals surface area contributed by atoms with Gasteiger partial charge in [-0.1, -0.05) is 107 Å². The Bertz CT molecular complexity index is 1030. The van der Waals surface area contributed by atoms with Gasteiger partial charge in [0.1, 0.15) is 11.5 Å². The molecule has 0 spiro atoms. The first-order valence-electron chi connectivity index (χ1n) is 16.5. The minimum atomic E-state index is 0.285. The molecule has 0 amide bonds. The lowest BCUT2D eigenvalue weighted by atomic mass is 9.91. The zero-order valence-electron chi connectivity index (χ0n) is 26.3. The Balaban J connectivity index is 1.28. The van der Waals surface area contributed by atoms with E-state index in [0.717, 1.165) is 57.6 Å². The van der Waals surface area contributed by atoms with Gasteiger partial charge in [-0.3, -0.25) is 4.79 Å². The van der Waals surface area contributed by atoms with E-state index in [-0.39, 0.29) is 5.92 Å². The topological polar surface area (TPSA) is 32.8 Å². The summed E-state index contributed by atoms with van der Waals surface area (Å²) in [6.45, 7) is 6.71. The van der Waals surface area contributed by atoms with Gasteiger partial charge in [0.05, 0.1) is 6.61 Å². The summed E-state index contributed by atoms with van der Waals surface area (Å²) in [5, 5.41) is 4.52. The Morgan fingerprint density at radius 3 is 2.24 bits per heavy atom. The van der Waals surface area contributed by atoms with Crippen LogP contribution in [0.25, 0.3) is 0 Å². The highest BCUT2D eigenvalue weighted by molar-refractivity contribution is 5.78. The van der Waals surface area contributed by atoms with E-state index in [0.29, 0.717) is 5.78 Å². The third-order valence-electron chi connectivity index (χ3n) is 8.56. The van der Waals surface area contributed by atoms with Crippen molar-refractivity contribution in [3.63, 3.8) is 0 Å². The molecule has 4 nitrogen and oxygen atoms in total. The quantitative estimate of drug-likeness (QED) is 0.134. The van der Waals surface area contributed by atoms with E-state index in [1.54, 1.807) is 6.92 Å². The second-order valence-corrected chi connectivity index (χ2v) is 12.0. The van der Waals surface area contributed by atoms with Crippen molar-refractivity contribution in [3.05, 3.63) is 77.5 Å². The summed E-state index contributed by atoms with van der Waals surface area (Å²) in [5.41, 5.74) is 4.18. The Morgan fingerprint density at radius 1 is 0.829 bits per heavy atom. The summed E-state index contributed by atoms with van der Waals surface area (Å²) < 4.78 is 6.15. The number of hydrogen-bond donors (Lipinski definition) is 0. The van der Waals surface area contributed by atoms with Crippen LogP contribution in [-0.4, -0.2) is 36.0 Å². The molecule has 226 valence electrons. The highest BCUT2D eigenvalue weighted by atomic mass is 16.5. The fourth-order valence-electron chi connectivity index (χ4n) is 5.91. The number of carbonyl (C=O) groups is 1. The molecule has 1 heterocycles. The van der Waals surface area contributed by atoms with E-state index in [9.17, 15) is 4.79 Å². The summed E-state index contributed by atoms with van der Waals surface area (Å²) in [6.07, 6.45) is 22.3. The molecule has 0 N–H and O–H groups in total. The first kappa shape index (κ1) is 32.9. The molecule has 0 aromatic heterocycles. The average molecular weight is 561 g/mol. The fraction of sp³-hybridized carbons (Fsp3) is 0.595. The number of benzene rings is 2. The minimum absolute atomic E-state index is 0.285. The Hall–Kier alpha value is -2.59. The number of aryl methyl sites for hydroxylation is 2. The molecule has 4 heteroatoms. The number of unbranched alkanes of at least 4 members (excludes halogenated alkanes) is 8. The van der Waals surface area contributed by atoms with Crippen LogP contribution in [0, 0.1) is 5.92 Å². The molecule has 0 saturated carbocycles. The summed E-state index contributed by atoms with van der Waals surface area (Å²) in [5.74, 6) is 1.67. The zero-order valence-corrected chi connectivity index (χ0v) is 26.3. The van der Waals surface area contributed by atoms with Gasteiger partial charge in [0.15, 0.2) is 0 Å². The lowest BCUT2D eigenvalue weighted by Crippen LogP contribution is -2.31. The zero-order chi connectivity index (χ0) is 29.1. The summed E-state index contributed by atoms with van der Waals surface area (Å²) in [4.78, 5) is 12.1. The maximum atomic E-state index is 12.1. The van der Waals surface area contributed by atoms with Crippen molar-refractivity contribution in [2.45, 2.75) is 117 Å². The van der Waals surface area contributed by atoms with Crippen LogP contribution in [0.4, 0.5) is 0 Å². The Kier molecular flexibility index (Phi) is 15.7. The standard InChI is InChI=1S/C37H56N2O2/c1-4-5-6-7-8-12-21-34(32(2)40)22-13-10-9-11-19-33-20-16-26-37(30-33)41-29-17-25-35-23-14-15-24-36(35)31-39-28-18-27-38(39)3/h14-16,18,20,23-24,26-27,30,34H,4-13,17,19,21-22,25,28-29,31H2,1-3H3. The van der Waals surface area contributed by atoms with Crippen LogP contribution >= 0.6 is 0 Å². The monoisotopic (exact) mass is 560 g/mol. The molecule has 0 saturated heterocycles. The Morgan fingerprint density at radius 2 is 1.54 bits per heavy atom. The number of carbonyl (C=O) groups excluding carboxylic acids is 1. The Labute approximate surface area is 251 Å². The molecule has 0 fully saturated rings. The number of ether oxygens (including phenoxy) is 1. The van der Waals surface area contributed by atoms with Gasteiger partial charge in [-0.15, -0.1) is 0 Å². The van der Waals surface area contributed by atoms with Crippen LogP contribution in [0.15, 0.2) is 60.8 Å². The van der Waals surface area contributed by atoms with Gasteiger partial charge in [0.25, 0.3) is 0 Å². The number of ketones is 1. The normalized spacial score (nSPS) is 14.1. The van der Waals surface area contributed by atoms with Gasteiger partial charge in [0.2, 0.25) is 0 Å². The minimum Gasteiger partial charge on any atom is -0.494 e. The van der Waals surface area contributed by atoms with Crippen molar-refractivity contribution in [2.24, 2.45) is 5.92 Å². The highest BCUT2D eigenvalue weighted by Gasteiger charge is 2.15. The lowest BCUT2D eigenvalue weighted by molar-refractivity contribution is -0.121. The van der Waals surface area contributed by atoms with Gasteiger partial charge >= 0.3 is 0 Å². The SMILES string of the molecule is CCCCCCCCC(CCCCCCc1cccc(OCCCc2ccccc2CN2CC=CN2C)c1)C(C)=O. The van der Waals surface area contributed by atoms with Crippen LogP contribution in [0.2, 0.25) is 0 Å². The molecule has 41 heavy (non-hydrogen) atoms. The highest BCUT2D eigenvalue weighted by Crippen LogP contribution is 2.22. The molecule has 0 aliphatic carbocycles. The molecule has 2 aromatic carbocycles. The van der Waals surface area contributed by atoms with Gasteiger partial charge in [0, 0.05) is 32.3 Å². The summed E-state index contributed by atoms with van der Waals surface area (Å²) in [7, 11) is 2.11. The van der Waals surface area contributed by atoms with Gasteiger partial charge in [-0.05, 0) is 74.3 Å². The molecule has 2 aromatic rings. The molecular formula is C37H56N2O2. The molecule has 1 aliphatic rings. The smallest absolute Gasteiger partial charge is 0.132 e. The van der Waals surface area contributed by atoms with E-state index >= 15 is 0 Å². The third kappa shape index (κ3) is 12.9. The number of nitrogens with zero attached hydrogens (tertiary/aromatic N) is 2. The maximum absolute atomic E-state index is 12.1. The largest absolute Gasteiger partial charge is 0.494 e. The molecule has 1 unspecified atom stereocenters. The van der Waals surface area contributed by atoms with Crippen LogP contribution in [0.5, 0.6) is 5.75 Å². The van der Waals surface area contributed by atoms with E-state index in [4.69, 9.17) is 4.74 Å². The first-order valence-corrected chi connectivity index (χ1v) is 16.5. The van der Waals surface area contributed by atoms with E-state index in [1.807, 2.05) is 0 Å². The third-order valence-corrected chi connectivity index (χ3v) is 8.56. The van der Waals surface area contributed by atoms with E-state index in [1.165, 1.54) is 80.9 Å². The summed E-state index contributed by atoms with van der Waals surface area (Å²) in [6, 6.07) is 17.5. The second-order valence-electron chi connectivity index (χ2n) is 12.0. The van der Waals surface area contributed by atoms with Crippen molar-refractivity contribution < 1.29 is 9.53 Å². The average Bonchev–Trinajstić information content (AvgIpc) is 3.38. The van der Waals surface area contributed by atoms with Gasteiger partial charge in [-0.25, -0.2) is 5.01 Å². The van der Waals surface area contributed by atoms with Crippen molar-refractivity contribution in [3.8, 4) is 5.75 Å². The van der Waals surface area contributed by atoms with Crippen LogP contribution in [0.3, 0.4) is 0 Å². The molecule has 0 radical (unpaired) electrons. The molecule has 1 aliphatic heterocycles. The summed E-state index contributed by atoms with van der Waals surface area (Å²) >= 11 is 0. The van der Waals surface area contributed by atoms with Crippen molar-refractivity contribution in [2.75, 3.05) is 20.2 Å². The lowest BCUT2D eigenvalue weighted by Gasteiger charge is -2.26. The first-order chi connectivity index (χ1) is 20.1. The van der Waals surface area contributed by atoms with Crippen molar-refractivity contribution in [1.29, 1.82) is 0 Å². The van der Waals surface area contributed by atoms with E-state index in [2.05, 4.69) is 84.8 Å². The maximum Gasteiger partial charge on any atom is 0.132 e. The van der Waals surface area contributed by atoms with Crippen LogP contribution < -0.4 is 4.74 Å². The van der Waals surface area contributed by atoms with Gasteiger partial charge < -0.3 is 9.75 Å². The van der Waals surface area contributed by atoms with Crippen molar-refractivity contribution in [1.82, 2.24) is 10.0 Å². The van der Waals surface area contributed by atoms with Crippen molar-refractivity contribution >= 4 is 5.78 Å². The second kappa shape index (κ2) is 19.5. The molecular weight excluding hydrogens is 504 g/mol. The molecule has 0 bridgehead atoms. The van der Waals surface area contributed by atoms with Crippen LogP contribution in [0.1, 0.15) is 114 Å². The predicted octanol–water partition coefficient (Wildman–Crippen LogP) is 9.32. The number of rotatable bonds is 22.